The van der Waals surface area contributed by atoms with Crippen LogP contribution in [-0.4, -0.2) is 23.0 Å². The Labute approximate surface area is 202 Å². The molecule has 1 aromatic heterocycles. The number of hydrogen-bond acceptors (Lipinski definition) is 5. The van der Waals surface area contributed by atoms with Crippen molar-refractivity contribution in [3.8, 4) is 0 Å². The average molecular weight is 471 g/mol. The number of carbonyl (C=O) groups excluding carboxylic acids is 2. The highest BCUT2D eigenvalue weighted by Gasteiger charge is 2.35. The predicted octanol–water partition coefficient (Wildman–Crippen LogP) is 7.01. The monoisotopic (exact) mass is 470 g/mol. The number of rotatable bonds is 12. The molecule has 0 aliphatic heterocycles. The Morgan fingerprint density at radius 2 is 1.88 bits per heavy atom. The molecule has 5 heteroatoms. The van der Waals surface area contributed by atoms with Crippen LogP contribution in [0.1, 0.15) is 110 Å². The van der Waals surface area contributed by atoms with Gasteiger partial charge in [-0.3, -0.25) is 4.79 Å². The number of ether oxygens (including phenoxy) is 1. The van der Waals surface area contributed by atoms with Gasteiger partial charge in [0.2, 0.25) is 0 Å². The second-order valence-corrected chi connectivity index (χ2v) is 10.7. The lowest BCUT2D eigenvalue weighted by atomic mass is 9.84. The summed E-state index contributed by atoms with van der Waals surface area (Å²) in [4.78, 5) is 26.6. The van der Waals surface area contributed by atoms with Gasteiger partial charge in [0.15, 0.2) is 0 Å². The first-order valence-corrected chi connectivity index (χ1v) is 13.3. The fourth-order valence-corrected chi connectivity index (χ4v) is 5.73. The number of ketones is 1. The van der Waals surface area contributed by atoms with Gasteiger partial charge in [-0.25, -0.2) is 4.79 Å². The molecule has 1 aliphatic rings. The largest absolute Gasteiger partial charge is 0.459 e. The summed E-state index contributed by atoms with van der Waals surface area (Å²) in [5.41, 5.74) is 2.03. The zero-order valence-electron chi connectivity index (χ0n) is 20.2. The van der Waals surface area contributed by atoms with E-state index in [0.717, 1.165) is 62.5 Å². The van der Waals surface area contributed by atoms with Crippen LogP contribution < -0.4 is 0 Å². The van der Waals surface area contributed by atoms with Crippen molar-refractivity contribution < 1.29 is 19.4 Å². The van der Waals surface area contributed by atoms with E-state index in [9.17, 15) is 14.7 Å². The van der Waals surface area contributed by atoms with Crippen LogP contribution in [0.15, 0.2) is 36.4 Å². The number of unbranched alkanes of at least 4 members (excludes halogenated alkanes) is 2. The molecule has 0 amide bonds. The average Bonchev–Trinajstić information content (AvgIpc) is 3.40. The third-order valence-corrected chi connectivity index (χ3v) is 7.67. The van der Waals surface area contributed by atoms with Crippen molar-refractivity contribution in [2.45, 2.75) is 96.7 Å². The Morgan fingerprint density at radius 3 is 2.58 bits per heavy atom. The molecule has 4 nitrogen and oxygen atoms in total. The van der Waals surface area contributed by atoms with Gasteiger partial charge in [-0.15, -0.1) is 11.3 Å². The van der Waals surface area contributed by atoms with Gasteiger partial charge < -0.3 is 9.84 Å². The molecule has 0 spiro atoms. The molecule has 1 heterocycles. The number of aryl methyl sites for hydroxylation is 1. The van der Waals surface area contributed by atoms with Crippen LogP contribution in [0.2, 0.25) is 0 Å². The molecule has 0 radical (unpaired) electrons. The molecule has 1 aliphatic carbocycles. The van der Waals surface area contributed by atoms with Crippen molar-refractivity contribution in [2.75, 3.05) is 0 Å². The summed E-state index contributed by atoms with van der Waals surface area (Å²) < 4.78 is 5.28. The quantitative estimate of drug-likeness (QED) is 0.268. The molecule has 0 bridgehead atoms. The normalized spacial score (nSPS) is 19.2. The van der Waals surface area contributed by atoms with Gasteiger partial charge in [0.05, 0.1) is 12.2 Å². The molecule has 0 unspecified atom stereocenters. The van der Waals surface area contributed by atoms with E-state index < -0.39 is 6.10 Å². The smallest absolute Gasteiger partial charge is 0.348 e. The summed E-state index contributed by atoms with van der Waals surface area (Å²) in [6.07, 6.45) is 8.10. The minimum absolute atomic E-state index is 0.0313. The lowest BCUT2D eigenvalue weighted by Crippen LogP contribution is -2.13. The van der Waals surface area contributed by atoms with E-state index in [4.69, 9.17) is 4.74 Å². The molecule has 1 fully saturated rings. The first-order chi connectivity index (χ1) is 15.9. The number of aliphatic hydroxyl groups is 1. The second kappa shape index (κ2) is 12.5. The van der Waals surface area contributed by atoms with Crippen LogP contribution >= 0.6 is 11.3 Å². The number of Topliss-reactive ketones (excluding diaryl/α,β-unsaturated/α-hetero) is 1. The first kappa shape index (κ1) is 25.6. The van der Waals surface area contributed by atoms with Gasteiger partial charge in [-0.2, -0.15) is 0 Å². The summed E-state index contributed by atoms with van der Waals surface area (Å²) in [5, 5.41) is 10.4. The molecule has 0 saturated heterocycles. The zero-order chi connectivity index (χ0) is 23.8. The predicted molar refractivity (Wildman–Crippen MR) is 134 cm³/mol. The Bertz CT molecular complexity index is 899. The van der Waals surface area contributed by atoms with Gasteiger partial charge in [-0.05, 0) is 75.1 Å². The van der Waals surface area contributed by atoms with Crippen molar-refractivity contribution in [3.63, 3.8) is 0 Å². The van der Waals surface area contributed by atoms with Gasteiger partial charge in [0, 0.05) is 17.2 Å². The maximum atomic E-state index is 12.7. The lowest BCUT2D eigenvalue weighted by molar-refractivity contribution is -0.119. The highest BCUT2D eigenvalue weighted by molar-refractivity contribution is 7.13. The zero-order valence-corrected chi connectivity index (χ0v) is 21.0. The minimum Gasteiger partial charge on any atom is -0.459 e. The van der Waals surface area contributed by atoms with Crippen LogP contribution in [0.4, 0.5) is 0 Å². The Morgan fingerprint density at radius 1 is 1.12 bits per heavy atom. The van der Waals surface area contributed by atoms with Gasteiger partial charge >= 0.3 is 5.97 Å². The van der Waals surface area contributed by atoms with Crippen molar-refractivity contribution in [2.24, 2.45) is 5.92 Å². The maximum absolute atomic E-state index is 12.7. The van der Waals surface area contributed by atoms with Crippen LogP contribution in [-0.2, 0) is 16.0 Å². The summed E-state index contributed by atoms with van der Waals surface area (Å²) >= 11 is 1.51. The van der Waals surface area contributed by atoms with Crippen LogP contribution in [0.25, 0.3) is 0 Å². The number of benzene rings is 1. The van der Waals surface area contributed by atoms with Crippen molar-refractivity contribution in [1.29, 1.82) is 0 Å². The van der Waals surface area contributed by atoms with Crippen molar-refractivity contribution >= 4 is 23.1 Å². The molecule has 180 valence electrons. The van der Waals surface area contributed by atoms with Crippen molar-refractivity contribution in [1.82, 2.24) is 0 Å². The van der Waals surface area contributed by atoms with Crippen molar-refractivity contribution in [3.05, 3.63) is 57.3 Å². The van der Waals surface area contributed by atoms with E-state index in [1.54, 1.807) is 0 Å². The van der Waals surface area contributed by atoms with E-state index >= 15 is 0 Å². The molecule has 1 N–H and O–H groups in total. The third-order valence-electron chi connectivity index (χ3n) is 6.54. The maximum Gasteiger partial charge on any atom is 0.348 e. The van der Waals surface area contributed by atoms with E-state index in [1.807, 2.05) is 50.2 Å². The molecule has 1 aromatic carbocycles. The van der Waals surface area contributed by atoms with E-state index in [2.05, 4.69) is 6.92 Å². The van der Waals surface area contributed by atoms with Gasteiger partial charge in [0.1, 0.15) is 10.7 Å². The Kier molecular flexibility index (Phi) is 9.69. The number of hydrogen-bond donors (Lipinski definition) is 1. The molecular formula is C28H38O4S. The van der Waals surface area contributed by atoms with E-state index in [1.165, 1.54) is 16.2 Å². The lowest BCUT2D eigenvalue weighted by Gasteiger charge is -2.20. The molecule has 1 saturated carbocycles. The first-order valence-electron chi connectivity index (χ1n) is 12.5. The Balaban J connectivity index is 1.54. The molecular weight excluding hydrogens is 432 g/mol. The minimum atomic E-state index is -0.422. The Hall–Kier alpha value is -1.98. The van der Waals surface area contributed by atoms with Gasteiger partial charge in [-0.1, -0.05) is 50.5 Å². The molecule has 33 heavy (non-hydrogen) atoms. The summed E-state index contributed by atoms with van der Waals surface area (Å²) in [6, 6.07) is 12.0. The highest BCUT2D eigenvalue weighted by atomic mass is 32.1. The summed E-state index contributed by atoms with van der Waals surface area (Å²) in [6.45, 7) is 5.88. The van der Waals surface area contributed by atoms with Crippen LogP contribution in [0.3, 0.4) is 0 Å². The number of carbonyl (C=O) groups is 2. The topological polar surface area (TPSA) is 63.6 Å². The number of esters is 1. The van der Waals surface area contributed by atoms with Crippen LogP contribution in [0, 0.1) is 5.92 Å². The second-order valence-electron chi connectivity index (χ2n) is 9.53. The summed E-state index contributed by atoms with van der Waals surface area (Å²) in [5.74, 6) is 0.423. The fourth-order valence-electron chi connectivity index (χ4n) is 4.79. The third kappa shape index (κ3) is 7.25. The number of thiophene rings is 1. The molecule has 3 rings (SSSR count). The molecule has 2 aromatic rings. The highest BCUT2D eigenvalue weighted by Crippen LogP contribution is 2.40. The number of aliphatic hydroxyl groups excluding tert-OH is 1. The van der Waals surface area contributed by atoms with Gasteiger partial charge in [0.25, 0.3) is 0 Å². The fraction of sp³-hybridized carbons (Fsp3) is 0.571. The standard InChI is InChI=1S/C28H38O4S/c1-4-5-6-10-24(29)20-11-13-22(14-12-20)27-21(15-17-25(27)30)8-7-9-23-16-18-26(33-23)28(31)32-19(2)3/h11-14,16,18-19,21,24,27,29H,4-10,15,17H2,1-3H3/t21-,24+,27-/m0/s1. The van der Waals surface area contributed by atoms with E-state index in [-0.39, 0.29) is 18.0 Å². The summed E-state index contributed by atoms with van der Waals surface area (Å²) in [7, 11) is 0. The molecule has 3 atom stereocenters. The van der Waals surface area contributed by atoms with E-state index in [0.29, 0.717) is 23.0 Å². The van der Waals surface area contributed by atoms with Crippen LogP contribution in [0.5, 0.6) is 0 Å². The SMILES string of the molecule is CCCCC[C@@H](O)c1ccc([C@H]2C(=O)CC[C@@H]2CCCc2ccc(C(=O)OC(C)C)s2)cc1.